The maximum atomic E-state index is 13.0. The molecule has 3 aromatic rings. The summed E-state index contributed by atoms with van der Waals surface area (Å²) < 4.78 is 3.32. The number of nitrogens with zero attached hydrogens (tertiary/aromatic N) is 3. The van der Waals surface area contributed by atoms with E-state index >= 15 is 0 Å². The van der Waals surface area contributed by atoms with Gasteiger partial charge >= 0.3 is 0 Å². The minimum Gasteiger partial charge on any atom is -0.352 e. The molecule has 2 aromatic heterocycles. The minimum atomic E-state index is -0.248. The first-order valence-electron chi connectivity index (χ1n) is 9.41. The summed E-state index contributed by atoms with van der Waals surface area (Å²) in [5, 5.41) is 9.18. The molecule has 0 radical (unpaired) electrons. The van der Waals surface area contributed by atoms with Gasteiger partial charge in [0.2, 0.25) is 5.91 Å². The van der Waals surface area contributed by atoms with Crippen LogP contribution in [0.1, 0.15) is 37.2 Å². The summed E-state index contributed by atoms with van der Waals surface area (Å²) in [5.74, 6) is -0.212. The summed E-state index contributed by atoms with van der Waals surface area (Å²) in [6.45, 7) is 8.35. The zero-order valence-electron chi connectivity index (χ0n) is 16.6. The van der Waals surface area contributed by atoms with Gasteiger partial charge in [-0.15, -0.1) is 0 Å². The van der Waals surface area contributed by atoms with Gasteiger partial charge in [0.05, 0.1) is 11.6 Å². The zero-order chi connectivity index (χ0) is 20.4. The second-order valence-electron chi connectivity index (χ2n) is 7.16. The van der Waals surface area contributed by atoms with Crippen LogP contribution < -0.4 is 10.9 Å². The lowest BCUT2D eigenvalue weighted by molar-refractivity contribution is -0.122. The van der Waals surface area contributed by atoms with Gasteiger partial charge in [-0.1, -0.05) is 30.7 Å². The first-order valence-corrected chi connectivity index (χ1v) is 9.79. The zero-order valence-corrected chi connectivity index (χ0v) is 17.4. The van der Waals surface area contributed by atoms with Gasteiger partial charge in [-0.05, 0) is 44.9 Å². The fraction of sp³-hybridized carbons (Fsp3) is 0.381. The third-order valence-corrected chi connectivity index (χ3v) is 5.38. The summed E-state index contributed by atoms with van der Waals surface area (Å²) in [6.07, 6.45) is 2.50. The van der Waals surface area contributed by atoms with E-state index in [4.69, 9.17) is 11.6 Å². The maximum Gasteiger partial charge on any atom is 0.276 e. The van der Waals surface area contributed by atoms with E-state index in [1.54, 1.807) is 6.20 Å². The third kappa shape index (κ3) is 3.97. The minimum absolute atomic E-state index is 0.0645. The summed E-state index contributed by atoms with van der Waals surface area (Å²) in [7, 11) is 0. The van der Waals surface area contributed by atoms with Gasteiger partial charge < -0.3 is 9.88 Å². The molecule has 0 saturated heterocycles. The number of amides is 1. The molecule has 2 heterocycles. The number of carbonyl (C=O) groups is 1. The van der Waals surface area contributed by atoms with Gasteiger partial charge in [-0.3, -0.25) is 9.59 Å². The van der Waals surface area contributed by atoms with E-state index in [1.165, 1.54) is 4.68 Å². The highest BCUT2D eigenvalue weighted by atomic mass is 35.5. The number of fused-ring (bicyclic) bond motifs is 1. The predicted molar refractivity (Wildman–Crippen MR) is 112 cm³/mol. The van der Waals surface area contributed by atoms with Crippen LogP contribution in [-0.2, 0) is 17.9 Å². The van der Waals surface area contributed by atoms with E-state index in [0.717, 1.165) is 28.8 Å². The van der Waals surface area contributed by atoms with Crippen molar-refractivity contribution in [2.45, 2.75) is 53.2 Å². The number of aromatic nitrogens is 3. The lowest BCUT2D eigenvalue weighted by atomic mass is 10.2. The topological polar surface area (TPSA) is 68.9 Å². The van der Waals surface area contributed by atoms with Gasteiger partial charge in [-0.2, -0.15) is 5.10 Å². The molecule has 0 fully saturated rings. The molecule has 6 nitrogen and oxygen atoms in total. The SMILES string of the molecule is CCC(C)NC(=O)Cn1ncc2c(C)n(Cc3cccc(Cl)c3)c(C)c2c1=O. The van der Waals surface area contributed by atoms with Crippen LogP contribution in [0.5, 0.6) is 0 Å². The van der Waals surface area contributed by atoms with Gasteiger partial charge in [0.1, 0.15) is 6.54 Å². The van der Waals surface area contributed by atoms with Crippen molar-refractivity contribution in [2.75, 3.05) is 0 Å². The van der Waals surface area contributed by atoms with Crippen molar-refractivity contribution in [3.05, 3.63) is 62.8 Å². The van der Waals surface area contributed by atoms with Gasteiger partial charge in [0, 0.05) is 34.4 Å². The lowest BCUT2D eigenvalue weighted by Crippen LogP contribution is -2.37. The van der Waals surface area contributed by atoms with E-state index in [9.17, 15) is 9.59 Å². The highest BCUT2D eigenvalue weighted by Crippen LogP contribution is 2.23. The summed E-state index contributed by atoms with van der Waals surface area (Å²) >= 11 is 6.10. The Kier molecular flexibility index (Phi) is 5.89. The van der Waals surface area contributed by atoms with Gasteiger partial charge in [-0.25, -0.2) is 4.68 Å². The van der Waals surface area contributed by atoms with E-state index in [2.05, 4.69) is 15.0 Å². The number of carbonyl (C=O) groups excluding carboxylic acids is 1. The number of hydrogen-bond acceptors (Lipinski definition) is 3. The third-order valence-electron chi connectivity index (χ3n) is 5.15. The van der Waals surface area contributed by atoms with Crippen molar-refractivity contribution in [2.24, 2.45) is 0 Å². The molecule has 0 spiro atoms. The fourth-order valence-electron chi connectivity index (χ4n) is 3.37. The highest BCUT2D eigenvalue weighted by Gasteiger charge is 2.18. The number of aryl methyl sites for hydroxylation is 2. The molecule has 0 aliphatic carbocycles. The molecule has 1 amide bonds. The Bertz CT molecular complexity index is 1080. The van der Waals surface area contributed by atoms with Crippen molar-refractivity contribution in [1.82, 2.24) is 19.7 Å². The van der Waals surface area contributed by atoms with Crippen LogP contribution in [0.25, 0.3) is 10.8 Å². The van der Waals surface area contributed by atoms with Crippen molar-refractivity contribution in [3.8, 4) is 0 Å². The van der Waals surface area contributed by atoms with E-state index < -0.39 is 0 Å². The molecule has 0 saturated carbocycles. The van der Waals surface area contributed by atoms with Crippen LogP contribution in [-0.4, -0.2) is 26.3 Å². The van der Waals surface area contributed by atoms with Crippen LogP contribution >= 0.6 is 11.6 Å². The quantitative estimate of drug-likeness (QED) is 0.689. The lowest BCUT2D eigenvalue weighted by Gasteiger charge is -2.11. The normalized spacial score (nSPS) is 12.3. The molecular weight excluding hydrogens is 376 g/mol. The molecule has 0 aliphatic heterocycles. The summed E-state index contributed by atoms with van der Waals surface area (Å²) in [4.78, 5) is 25.2. The molecule has 1 aromatic carbocycles. The molecule has 7 heteroatoms. The molecule has 0 aliphatic rings. The second kappa shape index (κ2) is 8.19. The van der Waals surface area contributed by atoms with Crippen molar-refractivity contribution in [1.29, 1.82) is 0 Å². The monoisotopic (exact) mass is 400 g/mol. The summed E-state index contributed by atoms with van der Waals surface area (Å²) in [5.41, 5.74) is 2.63. The summed E-state index contributed by atoms with van der Waals surface area (Å²) in [6, 6.07) is 7.74. The molecule has 3 rings (SSSR count). The number of rotatable bonds is 6. The molecule has 0 bridgehead atoms. The van der Waals surface area contributed by atoms with Gasteiger partial charge in [0.25, 0.3) is 5.56 Å². The Balaban J connectivity index is 1.98. The first-order chi connectivity index (χ1) is 13.3. The largest absolute Gasteiger partial charge is 0.352 e. The van der Waals surface area contributed by atoms with E-state index in [-0.39, 0.29) is 24.1 Å². The van der Waals surface area contributed by atoms with Gasteiger partial charge in [0.15, 0.2) is 0 Å². The van der Waals surface area contributed by atoms with E-state index in [0.29, 0.717) is 17.0 Å². The molecule has 1 atom stereocenters. The number of halogens is 1. The van der Waals surface area contributed by atoms with Crippen LogP contribution in [0.15, 0.2) is 35.3 Å². The van der Waals surface area contributed by atoms with Crippen LogP contribution in [0, 0.1) is 13.8 Å². The smallest absolute Gasteiger partial charge is 0.276 e. The number of benzene rings is 1. The second-order valence-corrected chi connectivity index (χ2v) is 7.60. The Labute approximate surface area is 169 Å². The van der Waals surface area contributed by atoms with E-state index in [1.807, 2.05) is 52.0 Å². The molecule has 148 valence electrons. The average Bonchev–Trinajstić information content (AvgIpc) is 2.89. The number of hydrogen-bond donors (Lipinski definition) is 1. The molecule has 1 N–H and O–H groups in total. The van der Waals surface area contributed by atoms with Crippen LogP contribution in [0.4, 0.5) is 0 Å². The Morgan fingerprint density at radius 2 is 2.04 bits per heavy atom. The van der Waals surface area contributed by atoms with Crippen LogP contribution in [0.3, 0.4) is 0 Å². The predicted octanol–water partition coefficient (Wildman–Crippen LogP) is 3.43. The van der Waals surface area contributed by atoms with Crippen molar-refractivity contribution in [3.63, 3.8) is 0 Å². The Hall–Kier alpha value is -2.60. The molecule has 1 unspecified atom stereocenters. The van der Waals surface area contributed by atoms with Crippen molar-refractivity contribution < 1.29 is 4.79 Å². The molecule has 28 heavy (non-hydrogen) atoms. The standard InChI is InChI=1S/C21H25ClN4O2/c1-5-13(2)24-19(27)12-26-21(28)20-15(4)25(14(3)18(20)10-23-26)11-16-7-6-8-17(22)9-16/h6-10,13H,5,11-12H2,1-4H3,(H,24,27). The maximum absolute atomic E-state index is 13.0. The number of nitrogens with one attached hydrogen (secondary N) is 1. The van der Waals surface area contributed by atoms with Crippen LogP contribution in [0.2, 0.25) is 5.02 Å². The Morgan fingerprint density at radius 3 is 2.71 bits per heavy atom. The average molecular weight is 401 g/mol. The van der Waals surface area contributed by atoms with Crippen molar-refractivity contribution >= 4 is 28.3 Å². The first kappa shape index (κ1) is 20.1. The highest BCUT2D eigenvalue weighted by molar-refractivity contribution is 6.30. The fourth-order valence-corrected chi connectivity index (χ4v) is 3.58. The Morgan fingerprint density at radius 1 is 1.29 bits per heavy atom. The molecular formula is C21H25ClN4O2.